The maximum atomic E-state index is 9.07. The molecule has 2 rings (SSSR count). The lowest BCUT2D eigenvalue weighted by Crippen LogP contribution is -2.40. The fourth-order valence-corrected chi connectivity index (χ4v) is 2.90. The van der Waals surface area contributed by atoms with Gasteiger partial charge >= 0.3 is 0 Å². The highest BCUT2D eigenvalue weighted by Gasteiger charge is 2.36. The van der Waals surface area contributed by atoms with Crippen molar-refractivity contribution in [3.05, 3.63) is 53.7 Å². The molecule has 0 aliphatic heterocycles. The van der Waals surface area contributed by atoms with Crippen LogP contribution in [0.4, 0.5) is 0 Å². The molecule has 0 spiro atoms. The van der Waals surface area contributed by atoms with E-state index < -0.39 is 8.32 Å². The monoisotopic (exact) mass is 329 g/mol. The Bertz CT molecular complexity index is 628. The minimum atomic E-state index is -1.71. The SMILES string of the molecule is CC(C)(C)[Si](C)(C)OCc1ccc(-c2ccc(CO)cn2)cc1. The van der Waals surface area contributed by atoms with Crippen LogP contribution in [0.3, 0.4) is 0 Å². The van der Waals surface area contributed by atoms with Gasteiger partial charge in [-0.3, -0.25) is 4.98 Å². The molecule has 1 aromatic heterocycles. The van der Waals surface area contributed by atoms with Crippen molar-refractivity contribution in [1.29, 1.82) is 0 Å². The number of aliphatic hydroxyl groups excluding tert-OH is 1. The van der Waals surface area contributed by atoms with Gasteiger partial charge in [0.2, 0.25) is 0 Å². The normalized spacial score (nSPS) is 12.4. The standard InChI is InChI=1S/C19H27NO2Si/c1-19(2,3)23(4,5)22-14-15-6-9-17(10-7-15)18-11-8-16(13-21)12-20-18/h6-12,21H,13-14H2,1-5H3. The molecule has 0 aliphatic carbocycles. The number of pyridine rings is 1. The molecule has 0 radical (unpaired) electrons. The van der Waals surface area contributed by atoms with Crippen molar-refractivity contribution < 1.29 is 9.53 Å². The second-order valence-electron chi connectivity index (χ2n) is 7.46. The fraction of sp³-hybridized carbons (Fsp3) is 0.421. The molecule has 3 nitrogen and oxygen atoms in total. The molecule has 0 unspecified atom stereocenters. The Balaban J connectivity index is 2.04. The van der Waals surface area contributed by atoms with Crippen LogP contribution >= 0.6 is 0 Å². The molecule has 0 bridgehead atoms. The van der Waals surface area contributed by atoms with Crippen molar-refractivity contribution in [2.75, 3.05) is 0 Å². The van der Waals surface area contributed by atoms with Crippen molar-refractivity contribution in [2.24, 2.45) is 0 Å². The lowest BCUT2D eigenvalue weighted by molar-refractivity contribution is 0.276. The van der Waals surface area contributed by atoms with E-state index in [1.807, 2.05) is 12.1 Å². The van der Waals surface area contributed by atoms with Crippen LogP contribution in [-0.2, 0) is 17.6 Å². The first-order valence-electron chi connectivity index (χ1n) is 8.02. The Kier molecular flexibility index (Phi) is 5.40. The van der Waals surface area contributed by atoms with E-state index >= 15 is 0 Å². The van der Waals surface area contributed by atoms with Crippen LogP contribution in [0, 0.1) is 0 Å². The maximum Gasteiger partial charge on any atom is 0.192 e. The van der Waals surface area contributed by atoms with E-state index in [1.54, 1.807) is 6.20 Å². The van der Waals surface area contributed by atoms with Crippen molar-refractivity contribution in [1.82, 2.24) is 4.98 Å². The summed E-state index contributed by atoms with van der Waals surface area (Å²) in [5.41, 5.74) is 4.00. The molecule has 2 aromatic rings. The molecule has 124 valence electrons. The smallest absolute Gasteiger partial charge is 0.192 e. The lowest BCUT2D eigenvalue weighted by Gasteiger charge is -2.36. The van der Waals surface area contributed by atoms with E-state index in [0.717, 1.165) is 16.8 Å². The average molecular weight is 330 g/mol. The lowest BCUT2D eigenvalue weighted by atomic mass is 10.1. The highest BCUT2D eigenvalue weighted by atomic mass is 28.4. The van der Waals surface area contributed by atoms with Gasteiger partial charge in [-0.2, -0.15) is 0 Å². The molecule has 0 saturated carbocycles. The van der Waals surface area contributed by atoms with Gasteiger partial charge in [0, 0.05) is 11.8 Å². The summed E-state index contributed by atoms with van der Waals surface area (Å²) in [7, 11) is -1.71. The topological polar surface area (TPSA) is 42.4 Å². The summed E-state index contributed by atoms with van der Waals surface area (Å²) in [6.45, 7) is 12.0. The van der Waals surface area contributed by atoms with E-state index in [9.17, 15) is 0 Å². The summed E-state index contributed by atoms with van der Waals surface area (Å²) in [5, 5.41) is 9.29. The minimum absolute atomic E-state index is 0.0248. The van der Waals surface area contributed by atoms with Gasteiger partial charge in [-0.05, 0) is 35.3 Å². The number of hydrogen-bond donors (Lipinski definition) is 1. The Labute approximate surface area is 140 Å². The fourth-order valence-electron chi connectivity index (χ4n) is 1.94. The average Bonchev–Trinajstić information content (AvgIpc) is 2.52. The van der Waals surface area contributed by atoms with Crippen LogP contribution in [0.25, 0.3) is 11.3 Å². The van der Waals surface area contributed by atoms with Crippen LogP contribution in [0.2, 0.25) is 18.1 Å². The van der Waals surface area contributed by atoms with Gasteiger partial charge in [0.05, 0.1) is 18.9 Å². The van der Waals surface area contributed by atoms with E-state index in [4.69, 9.17) is 9.53 Å². The number of nitrogens with zero attached hydrogens (tertiary/aromatic N) is 1. The molecule has 1 heterocycles. The predicted octanol–water partition coefficient (Wildman–Crippen LogP) is 4.76. The highest BCUT2D eigenvalue weighted by molar-refractivity contribution is 6.74. The molecule has 1 N–H and O–H groups in total. The van der Waals surface area contributed by atoms with Gasteiger partial charge in [-0.1, -0.05) is 51.1 Å². The van der Waals surface area contributed by atoms with Crippen molar-refractivity contribution >= 4 is 8.32 Å². The van der Waals surface area contributed by atoms with Crippen molar-refractivity contribution in [2.45, 2.75) is 52.1 Å². The molecular formula is C19H27NO2Si. The molecule has 0 saturated heterocycles. The zero-order valence-electron chi connectivity index (χ0n) is 14.8. The molecule has 0 fully saturated rings. The summed E-state index contributed by atoms with van der Waals surface area (Å²) in [6.07, 6.45) is 1.71. The third-order valence-corrected chi connectivity index (χ3v) is 9.14. The Hall–Kier alpha value is -1.49. The zero-order chi connectivity index (χ0) is 17.1. The quantitative estimate of drug-likeness (QED) is 0.804. The van der Waals surface area contributed by atoms with Gasteiger partial charge < -0.3 is 9.53 Å². The molecular weight excluding hydrogens is 302 g/mol. The maximum absolute atomic E-state index is 9.07. The molecule has 23 heavy (non-hydrogen) atoms. The first-order chi connectivity index (χ1) is 10.7. The number of benzene rings is 1. The Morgan fingerprint density at radius 3 is 2.09 bits per heavy atom. The minimum Gasteiger partial charge on any atom is -0.413 e. The van der Waals surface area contributed by atoms with Gasteiger partial charge in [0.1, 0.15) is 0 Å². The van der Waals surface area contributed by atoms with E-state index in [1.165, 1.54) is 5.56 Å². The number of hydrogen-bond acceptors (Lipinski definition) is 3. The van der Waals surface area contributed by atoms with E-state index in [2.05, 4.69) is 63.1 Å². The number of aromatic nitrogens is 1. The summed E-state index contributed by atoms with van der Waals surface area (Å²) in [4.78, 5) is 4.38. The molecule has 0 amide bonds. The van der Waals surface area contributed by atoms with Crippen LogP contribution in [0.15, 0.2) is 42.6 Å². The van der Waals surface area contributed by atoms with Gasteiger partial charge in [0.25, 0.3) is 0 Å². The van der Waals surface area contributed by atoms with Crippen LogP contribution in [0.1, 0.15) is 31.9 Å². The van der Waals surface area contributed by atoms with Crippen LogP contribution < -0.4 is 0 Å². The van der Waals surface area contributed by atoms with E-state index in [0.29, 0.717) is 6.61 Å². The van der Waals surface area contributed by atoms with Crippen molar-refractivity contribution in [3.63, 3.8) is 0 Å². The van der Waals surface area contributed by atoms with E-state index in [-0.39, 0.29) is 11.6 Å². The van der Waals surface area contributed by atoms with Gasteiger partial charge in [-0.25, -0.2) is 0 Å². The first kappa shape index (κ1) is 17.9. The third kappa shape index (κ3) is 4.50. The van der Waals surface area contributed by atoms with Crippen LogP contribution in [-0.4, -0.2) is 18.4 Å². The number of aliphatic hydroxyl groups is 1. The Morgan fingerprint density at radius 1 is 1.00 bits per heavy atom. The largest absolute Gasteiger partial charge is 0.413 e. The molecule has 1 aromatic carbocycles. The van der Waals surface area contributed by atoms with Crippen molar-refractivity contribution in [3.8, 4) is 11.3 Å². The summed E-state index contributed by atoms with van der Waals surface area (Å²) >= 11 is 0. The third-order valence-electron chi connectivity index (χ3n) is 4.66. The predicted molar refractivity (Wildman–Crippen MR) is 97.6 cm³/mol. The number of rotatable bonds is 5. The van der Waals surface area contributed by atoms with Gasteiger partial charge in [-0.15, -0.1) is 0 Å². The first-order valence-corrected chi connectivity index (χ1v) is 10.9. The Morgan fingerprint density at radius 2 is 1.61 bits per heavy atom. The highest BCUT2D eigenvalue weighted by Crippen LogP contribution is 2.37. The summed E-state index contributed by atoms with van der Waals surface area (Å²) in [5.74, 6) is 0. The van der Waals surface area contributed by atoms with Crippen LogP contribution in [0.5, 0.6) is 0 Å². The summed E-state index contributed by atoms with van der Waals surface area (Å²) in [6, 6.07) is 12.2. The van der Waals surface area contributed by atoms with Gasteiger partial charge in [0.15, 0.2) is 8.32 Å². The second-order valence-corrected chi connectivity index (χ2v) is 12.3. The molecule has 0 aliphatic rings. The zero-order valence-corrected chi connectivity index (χ0v) is 15.8. The molecule has 0 atom stereocenters. The summed E-state index contributed by atoms with van der Waals surface area (Å²) < 4.78 is 6.25. The molecule has 4 heteroatoms. The second kappa shape index (κ2) is 6.95.